The van der Waals surface area contributed by atoms with E-state index in [0.29, 0.717) is 22.8 Å². The highest BCUT2D eigenvalue weighted by molar-refractivity contribution is 6.22. The molecule has 3 amide bonds. The summed E-state index contributed by atoms with van der Waals surface area (Å²) in [5.41, 5.74) is 1.93. The fourth-order valence-corrected chi connectivity index (χ4v) is 4.47. The Hall–Kier alpha value is -4.94. The number of carboxylic acids is 1. The Balaban J connectivity index is 0.000000771. The standard InChI is InChI=1S/C32H38N4O4.C2HF3O2/c1-30(2,3)23-12-14-25(15-13-23)36-28(38)32(7,8)35(29(36)39)20-21-16-17-33-26(18-21)34-24-11-9-10-22(19-24)27(37)40-31(4,5)6;3-2(4,5)1(6)7/h9-19H,20H2,1-8H3,(H,33,34);(H,6,7). The molecular weight excluding hydrogens is 617 g/mol. The molecule has 4 rings (SSSR count). The van der Waals surface area contributed by atoms with E-state index in [-0.39, 0.29) is 23.9 Å². The Labute approximate surface area is 271 Å². The van der Waals surface area contributed by atoms with Crippen LogP contribution in [-0.4, -0.2) is 56.2 Å². The van der Waals surface area contributed by atoms with Crippen molar-refractivity contribution < 1.29 is 42.2 Å². The van der Waals surface area contributed by atoms with Crippen molar-refractivity contribution in [2.24, 2.45) is 0 Å². The minimum absolute atomic E-state index is 0.0347. The number of amides is 3. The topological polar surface area (TPSA) is 129 Å². The molecule has 47 heavy (non-hydrogen) atoms. The third-order valence-electron chi connectivity index (χ3n) is 6.99. The molecule has 3 aromatic rings. The maximum atomic E-state index is 13.6. The van der Waals surface area contributed by atoms with Gasteiger partial charge in [-0.3, -0.25) is 4.79 Å². The zero-order valence-electron chi connectivity index (χ0n) is 27.5. The van der Waals surface area contributed by atoms with Gasteiger partial charge in [0.05, 0.1) is 11.3 Å². The van der Waals surface area contributed by atoms with Crippen LogP contribution in [0.2, 0.25) is 0 Å². The SMILES string of the molecule is CC(C)(C)OC(=O)c1cccc(Nc2cc(CN3C(=O)N(c4ccc(C(C)(C)C)cc4)C(=O)C3(C)C)ccn2)c1.O=C(O)C(F)(F)F. The lowest BCUT2D eigenvalue weighted by atomic mass is 9.87. The van der Waals surface area contributed by atoms with Gasteiger partial charge in [0.1, 0.15) is 17.0 Å². The van der Waals surface area contributed by atoms with E-state index >= 15 is 0 Å². The highest BCUT2D eigenvalue weighted by atomic mass is 19.4. The summed E-state index contributed by atoms with van der Waals surface area (Å²) >= 11 is 0. The number of hydrogen-bond acceptors (Lipinski definition) is 7. The van der Waals surface area contributed by atoms with Crippen molar-refractivity contribution >= 4 is 41.1 Å². The number of aliphatic carboxylic acids is 1. The number of halogens is 3. The second-order valence-corrected chi connectivity index (χ2v) is 13.4. The van der Waals surface area contributed by atoms with Gasteiger partial charge in [-0.05, 0) is 93.6 Å². The van der Waals surface area contributed by atoms with Crippen LogP contribution in [-0.2, 0) is 26.3 Å². The molecule has 13 heteroatoms. The van der Waals surface area contributed by atoms with E-state index in [4.69, 9.17) is 14.6 Å². The van der Waals surface area contributed by atoms with Gasteiger partial charge in [0, 0.05) is 18.4 Å². The number of nitrogens with one attached hydrogen (secondary N) is 1. The van der Waals surface area contributed by atoms with Gasteiger partial charge in [0.15, 0.2) is 0 Å². The first-order chi connectivity index (χ1) is 21.5. The number of hydrogen-bond donors (Lipinski definition) is 2. The predicted octanol–water partition coefficient (Wildman–Crippen LogP) is 7.46. The smallest absolute Gasteiger partial charge is 0.475 e. The molecule has 1 aliphatic rings. The fourth-order valence-electron chi connectivity index (χ4n) is 4.47. The maximum absolute atomic E-state index is 13.6. The van der Waals surface area contributed by atoms with Gasteiger partial charge in [-0.15, -0.1) is 0 Å². The molecule has 0 saturated carbocycles. The van der Waals surface area contributed by atoms with Crippen LogP contribution in [0.5, 0.6) is 0 Å². The zero-order chi connectivity index (χ0) is 35.5. The highest BCUT2D eigenvalue weighted by Gasteiger charge is 2.51. The molecule has 2 heterocycles. The van der Waals surface area contributed by atoms with E-state index in [9.17, 15) is 27.6 Å². The fraction of sp³-hybridized carbons (Fsp3) is 0.382. The molecule has 0 unspecified atom stereocenters. The summed E-state index contributed by atoms with van der Waals surface area (Å²) in [6.45, 7) is 15.6. The molecule has 0 spiro atoms. The van der Waals surface area contributed by atoms with E-state index in [2.05, 4.69) is 31.1 Å². The van der Waals surface area contributed by atoms with Crippen LogP contribution in [0.25, 0.3) is 0 Å². The summed E-state index contributed by atoms with van der Waals surface area (Å²) in [6, 6.07) is 17.9. The highest BCUT2D eigenvalue weighted by Crippen LogP contribution is 2.34. The van der Waals surface area contributed by atoms with E-state index in [0.717, 1.165) is 11.1 Å². The summed E-state index contributed by atoms with van der Waals surface area (Å²) in [4.78, 5) is 55.6. The third-order valence-corrected chi connectivity index (χ3v) is 6.99. The number of anilines is 3. The normalized spacial score (nSPS) is 14.8. The Bertz CT molecular complexity index is 1640. The van der Waals surface area contributed by atoms with Crippen molar-refractivity contribution in [1.29, 1.82) is 0 Å². The molecule has 252 valence electrons. The minimum atomic E-state index is -5.08. The van der Waals surface area contributed by atoms with Crippen LogP contribution in [0.4, 0.5) is 35.2 Å². The van der Waals surface area contributed by atoms with Crippen LogP contribution in [0.1, 0.15) is 76.9 Å². The van der Waals surface area contributed by atoms with Gasteiger partial charge in [-0.25, -0.2) is 24.3 Å². The third kappa shape index (κ3) is 9.30. The first kappa shape index (κ1) is 36.5. The summed E-state index contributed by atoms with van der Waals surface area (Å²) in [6.07, 6.45) is -3.44. The van der Waals surface area contributed by atoms with Gasteiger partial charge < -0.3 is 20.1 Å². The monoisotopic (exact) mass is 656 g/mol. The van der Waals surface area contributed by atoms with Gasteiger partial charge in [0.25, 0.3) is 5.91 Å². The number of benzene rings is 2. The van der Waals surface area contributed by atoms with Gasteiger partial charge in [0.2, 0.25) is 0 Å². The number of carbonyl (C=O) groups is 4. The number of aromatic nitrogens is 1. The zero-order valence-corrected chi connectivity index (χ0v) is 27.5. The molecule has 0 atom stereocenters. The minimum Gasteiger partial charge on any atom is -0.475 e. The van der Waals surface area contributed by atoms with Crippen LogP contribution in [0, 0.1) is 0 Å². The predicted molar refractivity (Wildman–Crippen MR) is 170 cm³/mol. The molecule has 1 aromatic heterocycles. The number of pyridine rings is 1. The number of urea groups is 1. The van der Waals surface area contributed by atoms with Crippen molar-refractivity contribution in [3.05, 3.63) is 83.6 Å². The van der Waals surface area contributed by atoms with Crippen LogP contribution in [0.15, 0.2) is 66.9 Å². The first-order valence-corrected chi connectivity index (χ1v) is 14.6. The largest absolute Gasteiger partial charge is 0.490 e. The molecule has 0 bridgehead atoms. The lowest BCUT2D eigenvalue weighted by molar-refractivity contribution is -0.192. The second kappa shape index (κ2) is 13.4. The van der Waals surface area contributed by atoms with Gasteiger partial charge >= 0.3 is 24.1 Å². The van der Waals surface area contributed by atoms with Crippen molar-refractivity contribution in [2.45, 2.75) is 84.7 Å². The molecule has 10 nitrogen and oxygen atoms in total. The Morgan fingerprint density at radius 1 is 0.936 bits per heavy atom. The van der Waals surface area contributed by atoms with Crippen LogP contribution in [0.3, 0.4) is 0 Å². The number of carboxylic acid groups (broad SMARTS) is 1. The molecule has 1 fully saturated rings. The summed E-state index contributed by atoms with van der Waals surface area (Å²) in [7, 11) is 0. The quantitative estimate of drug-likeness (QED) is 0.207. The molecule has 0 radical (unpaired) electrons. The summed E-state index contributed by atoms with van der Waals surface area (Å²) in [5.74, 6) is -2.89. The number of alkyl halides is 3. The lowest BCUT2D eigenvalue weighted by Crippen LogP contribution is -2.43. The van der Waals surface area contributed by atoms with Crippen molar-refractivity contribution in [3.8, 4) is 0 Å². The average molecular weight is 657 g/mol. The number of carbonyl (C=O) groups excluding carboxylic acids is 3. The number of rotatable bonds is 6. The molecule has 2 aromatic carbocycles. The Morgan fingerprint density at radius 3 is 2.06 bits per heavy atom. The molecular formula is C34H39F3N4O6. The molecule has 2 N–H and O–H groups in total. The molecule has 1 aliphatic heterocycles. The number of esters is 1. The number of nitrogens with zero attached hydrogens (tertiary/aromatic N) is 3. The summed E-state index contributed by atoms with van der Waals surface area (Å²) < 4.78 is 37.2. The van der Waals surface area contributed by atoms with E-state index in [1.807, 2.05) is 63.2 Å². The van der Waals surface area contributed by atoms with Gasteiger partial charge in [-0.1, -0.05) is 39.0 Å². The van der Waals surface area contributed by atoms with Crippen LogP contribution >= 0.6 is 0 Å². The lowest BCUT2D eigenvalue weighted by Gasteiger charge is -2.27. The molecule has 1 saturated heterocycles. The van der Waals surface area contributed by atoms with E-state index in [1.54, 1.807) is 43.1 Å². The number of ether oxygens (including phenoxy) is 1. The van der Waals surface area contributed by atoms with E-state index < -0.39 is 29.3 Å². The average Bonchev–Trinajstić information content (AvgIpc) is 3.11. The van der Waals surface area contributed by atoms with Crippen molar-refractivity contribution in [2.75, 3.05) is 10.2 Å². The molecule has 0 aliphatic carbocycles. The van der Waals surface area contributed by atoms with Crippen LogP contribution < -0.4 is 10.2 Å². The Kier molecular flexibility index (Phi) is 10.4. The van der Waals surface area contributed by atoms with Crippen molar-refractivity contribution in [3.63, 3.8) is 0 Å². The van der Waals surface area contributed by atoms with E-state index in [1.165, 1.54) is 4.90 Å². The van der Waals surface area contributed by atoms with Crippen molar-refractivity contribution in [1.82, 2.24) is 9.88 Å². The number of imide groups is 1. The maximum Gasteiger partial charge on any atom is 0.490 e. The summed E-state index contributed by atoms with van der Waals surface area (Å²) in [5, 5.41) is 10.3. The Morgan fingerprint density at radius 2 is 1.53 bits per heavy atom. The second-order valence-electron chi connectivity index (χ2n) is 13.4. The first-order valence-electron chi connectivity index (χ1n) is 14.6. The van der Waals surface area contributed by atoms with Gasteiger partial charge in [-0.2, -0.15) is 13.2 Å².